The van der Waals surface area contributed by atoms with Gasteiger partial charge in [-0.1, -0.05) is 92.7 Å². The Morgan fingerprint density at radius 3 is 1.50 bits per heavy atom. The molecule has 0 amide bonds. The van der Waals surface area contributed by atoms with Crippen molar-refractivity contribution in [2.75, 3.05) is 0 Å². The molecule has 0 heteroatoms. The van der Waals surface area contributed by atoms with Gasteiger partial charge in [0.05, 0.1) is 0 Å². The van der Waals surface area contributed by atoms with Gasteiger partial charge in [0.15, 0.2) is 0 Å². The van der Waals surface area contributed by atoms with E-state index in [4.69, 9.17) is 0 Å². The molecule has 3 aromatic carbocycles. The van der Waals surface area contributed by atoms with E-state index in [2.05, 4.69) is 92.7 Å². The zero-order chi connectivity index (χ0) is 16.8. The van der Waals surface area contributed by atoms with Crippen LogP contribution in [0.1, 0.15) is 54.0 Å². The van der Waals surface area contributed by atoms with E-state index in [1.807, 2.05) is 0 Å². The SMILES string of the molecule is CCC(C)c1cc(Cc2ccccc2)cc(Cc2ccccc2)c1. The van der Waals surface area contributed by atoms with Gasteiger partial charge in [0, 0.05) is 0 Å². The molecule has 1 atom stereocenters. The molecule has 3 rings (SSSR count). The minimum Gasteiger partial charge on any atom is -0.0648 e. The molecular weight excluding hydrogens is 288 g/mol. The summed E-state index contributed by atoms with van der Waals surface area (Å²) in [6, 6.07) is 28.7. The van der Waals surface area contributed by atoms with E-state index < -0.39 is 0 Å². The van der Waals surface area contributed by atoms with Crippen molar-refractivity contribution in [2.24, 2.45) is 0 Å². The molecule has 3 aromatic rings. The van der Waals surface area contributed by atoms with Crippen molar-refractivity contribution in [3.63, 3.8) is 0 Å². The maximum atomic E-state index is 2.40. The molecule has 0 fully saturated rings. The highest BCUT2D eigenvalue weighted by atomic mass is 14.1. The predicted octanol–water partition coefficient (Wildman–Crippen LogP) is 6.38. The maximum Gasteiger partial charge on any atom is -0.00256 e. The van der Waals surface area contributed by atoms with E-state index >= 15 is 0 Å². The van der Waals surface area contributed by atoms with Crippen molar-refractivity contribution in [1.29, 1.82) is 0 Å². The fraction of sp³-hybridized carbons (Fsp3) is 0.250. The Labute approximate surface area is 146 Å². The molecule has 24 heavy (non-hydrogen) atoms. The lowest BCUT2D eigenvalue weighted by atomic mass is 9.91. The standard InChI is InChI=1S/C24H26/c1-3-19(2)24-17-22(14-20-10-6-4-7-11-20)16-23(18-24)15-21-12-8-5-9-13-21/h4-13,16-19H,3,14-15H2,1-2H3. The van der Waals surface area contributed by atoms with Gasteiger partial charge in [-0.05, 0) is 53.0 Å². The Morgan fingerprint density at radius 2 is 1.08 bits per heavy atom. The van der Waals surface area contributed by atoms with Crippen LogP contribution < -0.4 is 0 Å². The minimum atomic E-state index is 0.607. The smallest absolute Gasteiger partial charge is 0.00256 e. The van der Waals surface area contributed by atoms with Crippen LogP contribution in [-0.2, 0) is 12.8 Å². The number of rotatable bonds is 6. The molecule has 0 saturated carbocycles. The second-order valence-electron chi connectivity index (χ2n) is 6.72. The Balaban J connectivity index is 1.91. The van der Waals surface area contributed by atoms with Crippen molar-refractivity contribution < 1.29 is 0 Å². The molecule has 0 aliphatic carbocycles. The molecule has 0 heterocycles. The number of hydrogen-bond acceptors (Lipinski definition) is 0. The molecular formula is C24H26. The van der Waals surface area contributed by atoms with E-state index in [1.54, 1.807) is 0 Å². The lowest BCUT2D eigenvalue weighted by molar-refractivity contribution is 0.731. The molecule has 0 bridgehead atoms. The fourth-order valence-corrected chi connectivity index (χ4v) is 3.18. The van der Waals surface area contributed by atoms with Crippen LogP contribution in [0.15, 0.2) is 78.9 Å². The fourth-order valence-electron chi connectivity index (χ4n) is 3.18. The van der Waals surface area contributed by atoms with E-state index in [-0.39, 0.29) is 0 Å². The molecule has 0 saturated heterocycles. The average molecular weight is 314 g/mol. The highest BCUT2D eigenvalue weighted by Crippen LogP contribution is 2.24. The zero-order valence-corrected chi connectivity index (χ0v) is 14.7. The summed E-state index contributed by atoms with van der Waals surface area (Å²) < 4.78 is 0. The summed E-state index contributed by atoms with van der Waals surface area (Å²) >= 11 is 0. The van der Waals surface area contributed by atoms with Gasteiger partial charge in [-0.2, -0.15) is 0 Å². The zero-order valence-electron chi connectivity index (χ0n) is 14.7. The molecule has 0 aliphatic rings. The van der Waals surface area contributed by atoms with Crippen LogP contribution in [0.4, 0.5) is 0 Å². The van der Waals surface area contributed by atoms with Gasteiger partial charge in [-0.25, -0.2) is 0 Å². The van der Waals surface area contributed by atoms with Crippen LogP contribution >= 0.6 is 0 Å². The molecule has 122 valence electrons. The summed E-state index contributed by atoms with van der Waals surface area (Å²) in [4.78, 5) is 0. The molecule has 1 unspecified atom stereocenters. The van der Waals surface area contributed by atoms with Crippen LogP contribution in [0.25, 0.3) is 0 Å². The predicted molar refractivity (Wildman–Crippen MR) is 104 cm³/mol. The van der Waals surface area contributed by atoms with Crippen molar-refractivity contribution in [1.82, 2.24) is 0 Å². The largest absolute Gasteiger partial charge is 0.0648 e. The van der Waals surface area contributed by atoms with Gasteiger partial charge in [-0.3, -0.25) is 0 Å². The molecule has 0 nitrogen and oxygen atoms in total. The maximum absolute atomic E-state index is 2.40. The molecule has 0 N–H and O–H groups in total. The van der Waals surface area contributed by atoms with Crippen LogP contribution in [0, 0.1) is 0 Å². The third-order valence-electron chi connectivity index (χ3n) is 4.76. The van der Waals surface area contributed by atoms with Crippen LogP contribution in [0.5, 0.6) is 0 Å². The van der Waals surface area contributed by atoms with Crippen LogP contribution in [0.2, 0.25) is 0 Å². The van der Waals surface area contributed by atoms with E-state index in [0.29, 0.717) is 5.92 Å². The second kappa shape index (κ2) is 7.97. The Morgan fingerprint density at radius 1 is 0.625 bits per heavy atom. The summed E-state index contributed by atoms with van der Waals surface area (Å²) in [5.74, 6) is 0.607. The number of benzene rings is 3. The highest BCUT2D eigenvalue weighted by Gasteiger charge is 2.08. The first-order valence-corrected chi connectivity index (χ1v) is 8.95. The highest BCUT2D eigenvalue weighted by molar-refractivity contribution is 5.37. The molecule has 0 spiro atoms. The van der Waals surface area contributed by atoms with E-state index in [9.17, 15) is 0 Å². The second-order valence-corrected chi connectivity index (χ2v) is 6.72. The van der Waals surface area contributed by atoms with Gasteiger partial charge in [0.2, 0.25) is 0 Å². The summed E-state index contributed by atoms with van der Waals surface area (Å²) in [6.45, 7) is 4.60. The monoisotopic (exact) mass is 314 g/mol. The minimum absolute atomic E-state index is 0.607. The van der Waals surface area contributed by atoms with Crippen molar-refractivity contribution in [3.8, 4) is 0 Å². The third kappa shape index (κ3) is 4.35. The first-order chi connectivity index (χ1) is 11.7. The van der Waals surface area contributed by atoms with Crippen molar-refractivity contribution in [3.05, 3.63) is 107 Å². The summed E-state index contributed by atoms with van der Waals surface area (Å²) in [6.07, 6.45) is 3.19. The summed E-state index contributed by atoms with van der Waals surface area (Å²) in [5.41, 5.74) is 7.07. The first-order valence-electron chi connectivity index (χ1n) is 8.95. The van der Waals surface area contributed by atoms with Crippen LogP contribution in [0.3, 0.4) is 0 Å². The van der Waals surface area contributed by atoms with Gasteiger partial charge >= 0.3 is 0 Å². The topological polar surface area (TPSA) is 0 Å². The summed E-state index contributed by atoms with van der Waals surface area (Å²) in [5, 5.41) is 0. The lowest BCUT2D eigenvalue weighted by Crippen LogP contribution is -1.99. The van der Waals surface area contributed by atoms with Crippen molar-refractivity contribution in [2.45, 2.75) is 39.0 Å². The van der Waals surface area contributed by atoms with Crippen LogP contribution in [-0.4, -0.2) is 0 Å². The molecule has 0 aromatic heterocycles. The van der Waals surface area contributed by atoms with E-state index in [0.717, 1.165) is 12.8 Å². The van der Waals surface area contributed by atoms with Gasteiger partial charge in [0.25, 0.3) is 0 Å². The Hall–Kier alpha value is -2.34. The Bertz CT molecular complexity index is 697. The van der Waals surface area contributed by atoms with E-state index in [1.165, 1.54) is 34.2 Å². The normalized spacial score (nSPS) is 12.1. The first kappa shape index (κ1) is 16.5. The number of hydrogen-bond donors (Lipinski definition) is 0. The molecule has 0 aliphatic heterocycles. The van der Waals surface area contributed by atoms with Crippen molar-refractivity contribution >= 4 is 0 Å². The molecule has 0 radical (unpaired) electrons. The van der Waals surface area contributed by atoms with Gasteiger partial charge < -0.3 is 0 Å². The van der Waals surface area contributed by atoms with Gasteiger partial charge in [-0.15, -0.1) is 0 Å². The summed E-state index contributed by atoms with van der Waals surface area (Å²) in [7, 11) is 0. The third-order valence-corrected chi connectivity index (χ3v) is 4.76. The lowest BCUT2D eigenvalue weighted by Gasteiger charge is -2.14. The Kier molecular flexibility index (Phi) is 5.48. The average Bonchev–Trinajstić information content (AvgIpc) is 2.62. The van der Waals surface area contributed by atoms with Gasteiger partial charge in [0.1, 0.15) is 0 Å². The quantitative estimate of drug-likeness (QED) is 0.495.